The average Bonchev–Trinajstić information content (AvgIpc) is 3.12. The van der Waals surface area contributed by atoms with E-state index in [4.69, 9.17) is 5.73 Å². The molecule has 0 saturated carbocycles. The maximum absolute atomic E-state index is 12.5. The number of thiophene rings is 1. The Balaban J connectivity index is 0.00000392. The summed E-state index contributed by atoms with van der Waals surface area (Å²) < 4.78 is 26.9. The first-order valence-electron chi connectivity index (χ1n) is 9.15. The third kappa shape index (κ3) is 6.71. The van der Waals surface area contributed by atoms with Crippen LogP contribution in [0.2, 0.25) is 0 Å². The zero-order valence-electron chi connectivity index (χ0n) is 16.5. The lowest BCUT2D eigenvalue weighted by Gasteiger charge is -2.16. The Hall–Kier alpha value is -1.17. The fraction of sp³-hybridized carbons (Fsp3) is 0.421. The summed E-state index contributed by atoms with van der Waals surface area (Å²) in [5, 5.41) is 3.09. The summed E-state index contributed by atoms with van der Waals surface area (Å²) in [7, 11) is -3.39. The normalized spacial score (nSPS) is 12.1. The molecule has 6 nitrogen and oxygen atoms in total. The van der Waals surface area contributed by atoms with Gasteiger partial charge in [0.2, 0.25) is 0 Å². The molecule has 0 bridgehead atoms. The number of halogens is 1. The van der Waals surface area contributed by atoms with Crippen LogP contribution < -0.4 is 11.1 Å². The van der Waals surface area contributed by atoms with Gasteiger partial charge in [-0.15, -0.1) is 35.3 Å². The molecule has 0 spiro atoms. The van der Waals surface area contributed by atoms with Gasteiger partial charge in [-0.05, 0) is 36.2 Å². The number of sulfonamides is 1. The van der Waals surface area contributed by atoms with Crippen molar-refractivity contribution in [3.63, 3.8) is 0 Å². The highest BCUT2D eigenvalue weighted by molar-refractivity contribution is 14.0. The number of benzene rings is 1. The number of aryl methyl sites for hydroxylation is 1. The number of hydrogen-bond donors (Lipinski definition) is 2. The van der Waals surface area contributed by atoms with Crippen LogP contribution in [0.3, 0.4) is 0 Å². The molecule has 1 aromatic heterocycles. The summed E-state index contributed by atoms with van der Waals surface area (Å²) >= 11 is 1.30. The van der Waals surface area contributed by atoms with Gasteiger partial charge in [0, 0.05) is 36.6 Å². The van der Waals surface area contributed by atoms with Crippen molar-refractivity contribution < 1.29 is 8.42 Å². The third-order valence-electron chi connectivity index (χ3n) is 4.18. The van der Waals surface area contributed by atoms with Crippen LogP contribution in [0.5, 0.6) is 0 Å². The summed E-state index contributed by atoms with van der Waals surface area (Å²) in [5.41, 5.74) is 8.10. The fourth-order valence-electron chi connectivity index (χ4n) is 2.66. The molecule has 0 amide bonds. The van der Waals surface area contributed by atoms with Gasteiger partial charge in [-0.2, -0.15) is 4.31 Å². The van der Waals surface area contributed by atoms with Crippen molar-refractivity contribution in [1.82, 2.24) is 4.31 Å². The van der Waals surface area contributed by atoms with Crippen molar-refractivity contribution in [2.75, 3.05) is 25.0 Å². The molecule has 3 N–H and O–H groups in total. The zero-order chi connectivity index (χ0) is 19.9. The minimum Gasteiger partial charge on any atom is -0.370 e. The molecule has 0 saturated heterocycles. The fourth-order valence-corrected chi connectivity index (χ4v) is 5.62. The SMILES string of the molecule is CCc1cccc(NC(N)=NCCc2ccc(S(=O)(=O)N(CC)CC)s2)c1.I. The molecule has 1 heterocycles. The van der Waals surface area contributed by atoms with Crippen molar-refractivity contribution >= 4 is 57.0 Å². The summed E-state index contributed by atoms with van der Waals surface area (Å²) in [5.74, 6) is 0.357. The second-order valence-corrected chi connectivity index (χ2v) is 9.34. The Bertz CT molecular complexity index is 878. The molecule has 0 aliphatic rings. The standard InChI is InChI=1S/C19H28N4O2S2.HI/c1-4-15-8-7-9-16(14-15)22-19(20)21-13-12-17-10-11-18(26-17)27(24,25)23(5-2)6-3;/h7-11,14H,4-6,12-13H2,1-3H3,(H3,20,21,22);1H. The Morgan fingerprint density at radius 3 is 2.54 bits per heavy atom. The maximum Gasteiger partial charge on any atom is 0.252 e. The molecular weight excluding hydrogens is 507 g/mol. The summed E-state index contributed by atoms with van der Waals surface area (Å²) in [4.78, 5) is 5.32. The van der Waals surface area contributed by atoms with Crippen LogP contribution in [0.25, 0.3) is 0 Å². The predicted octanol–water partition coefficient (Wildman–Crippen LogP) is 3.93. The van der Waals surface area contributed by atoms with E-state index >= 15 is 0 Å². The number of hydrogen-bond acceptors (Lipinski definition) is 4. The first-order chi connectivity index (χ1) is 12.9. The molecule has 1 aromatic carbocycles. The van der Waals surface area contributed by atoms with Crippen LogP contribution in [-0.2, 0) is 22.9 Å². The Morgan fingerprint density at radius 2 is 1.89 bits per heavy atom. The van der Waals surface area contributed by atoms with Gasteiger partial charge in [-0.25, -0.2) is 8.42 Å². The highest BCUT2D eigenvalue weighted by Gasteiger charge is 2.23. The van der Waals surface area contributed by atoms with E-state index in [1.807, 2.05) is 38.1 Å². The summed E-state index contributed by atoms with van der Waals surface area (Å²) in [6.07, 6.45) is 1.61. The predicted molar refractivity (Wildman–Crippen MR) is 129 cm³/mol. The Kier molecular flexibility index (Phi) is 10.4. The molecule has 2 aromatic rings. The molecular formula is C19H29IN4O2S2. The van der Waals surface area contributed by atoms with Gasteiger partial charge in [-0.1, -0.05) is 32.9 Å². The van der Waals surface area contributed by atoms with E-state index in [1.54, 1.807) is 6.07 Å². The van der Waals surface area contributed by atoms with Crippen molar-refractivity contribution in [2.45, 2.75) is 37.8 Å². The van der Waals surface area contributed by atoms with Crippen molar-refractivity contribution in [3.8, 4) is 0 Å². The second kappa shape index (κ2) is 11.7. The lowest BCUT2D eigenvalue weighted by atomic mass is 10.1. The van der Waals surface area contributed by atoms with Crippen LogP contribution in [0.4, 0.5) is 5.69 Å². The van der Waals surface area contributed by atoms with Crippen molar-refractivity contribution in [2.24, 2.45) is 10.7 Å². The molecule has 0 radical (unpaired) electrons. The monoisotopic (exact) mass is 536 g/mol. The number of nitrogens with two attached hydrogens (primary N) is 1. The van der Waals surface area contributed by atoms with E-state index in [1.165, 1.54) is 21.2 Å². The number of nitrogens with one attached hydrogen (secondary N) is 1. The number of aliphatic imine (C=N–C) groups is 1. The van der Waals surface area contributed by atoms with Crippen LogP contribution in [0, 0.1) is 0 Å². The largest absolute Gasteiger partial charge is 0.370 e. The van der Waals surface area contributed by atoms with Crippen LogP contribution in [0.1, 0.15) is 31.2 Å². The van der Waals surface area contributed by atoms with Crippen LogP contribution >= 0.6 is 35.3 Å². The lowest BCUT2D eigenvalue weighted by Crippen LogP contribution is -2.29. The quantitative estimate of drug-likeness (QED) is 0.289. The second-order valence-electron chi connectivity index (χ2n) is 6.01. The molecule has 0 fully saturated rings. The average molecular weight is 537 g/mol. The maximum atomic E-state index is 12.5. The minimum atomic E-state index is -3.39. The van der Waals surface area contributed by atoms with Crippen molar-refractivity contribution in [1.29, 1.82) is 0 Å². The Morgan fingerprint density at radius 1 is 1.18 bits per heavy atom. The van der Waals surface area contributed by atoms with Crippen LogP contribution in [0.15, 0.2) is 45.6 Å². The van der Waals surface area contributed by atoms with E-state index in [0.717, 1.165) is 17.0 Å². The summed E-state index contributed by atoms with van der Waals surface area (Å²) in [6, 6.07) is 11.6. The van der Waals surface area contributed by atoms with Gasteiger partial charge >= 0.3 is 0 Å². The van der Waals surface area contributed by atoms with E-state index in [0.29, 0.717) is 36.2 Å². The molecule has 156 valence electrons. The molecule has 0 aliphatic carbocycles. The Labute approximate surface area is 189 Å². The number of rotatable bonds is 9. The zero-order valence-corrected chi connectivity index (χ0v) is 20.5. The van der Waals surface area contributed by atoms with Crippen molar-refractivity contribution in [3.05, 3.63) is 46.8 Å². The molecule has 0 aliphatic heterocycles. The minimum absolute atomic E-state index is 0. The van der Waals surface area contributed by atoms with Gasteiger partial charge < -0.3 is 11.1 Å². The number of anilines is 1. The smallest absolute Gasteiger partial charge is 0.252 e. The highest BCUT2D eigenvalue weighted by atomic mass is 127. The molecule has 28 heavy (non-hydrogen) atoms. The summed E-state index contributed by atoms with van der Waals surface area (Å²) in [6.45, 7) is 7.23. The van der Waals surface area contributed by atoms with E-state index < -0.39 is 10.0 Å². The van der Waals surface area contributed by atoms with Gasteiger partial charge in [-0.3, -0.25) is 4.99 Å². The lowest BCUT2D eigenvalue weighted by molar-refractivity contribution is 0.447. The molecule has 0 atom stereocenters. The van der Waals surface area contributed by atoms with Gasteiger partial charge in [0.05, 0.1) is 0 Å². The third-order valence-corrected chi connectivity index (χ3v) is 7.85. The molecule has 0 unspecified atom stereocenters. The first-order valence-corrected chi connectivity index (χ1v) is 11.4. The molecule has 9 heteroatoms. The number of guanidine groups is 1. The molecule has 2 rings (SSSR count). The van der Waals surface area contributed by atoms with Gasteiger partial charge in [0.25, 0.3) is 10.0 Å². The van der Waals surface area contributed by atoms with Gasteiger partial charge in [0.1, 0.15) is 4.21 Å². The van der Waals surface area contributed by atoms with Gasteiger partial charge in [0.15, 0.2) is 5.96 Å². The number of nitrogens with zero attached hydrogens (tertiary/aromatic N) is 2. The van der Waals surface area contributed by atoms with E-state index in [9.17, 15) is 8.42 Å². The highest BCUT2D eigenvalue weighted by Crippen LogP contribution is 2.25. The first kappa shape index (κ1) is 24.9. The van der Waals surface area contributed by atoms with E-state index in [-0.39, 0.29) is 24.0 Å². The van der Waals surface area contributed by atoms with E-state index in [2.05, 4.69) is 23.3 Å². The van der Waals surface area contributed by atoms with Crippen LogP contribution in [-0.4, -0.2) is 38.3 Å². The topological polar surface area (TPSA) is 87.8 Å².